The van der Waals surface area contributed by atoms with Crippen LogP contribution in [0.25, 0.3) is 0 Å². The fraction of sp³-hybridized carbons (Fsp3) is 0.294. The van der Waals surface area contributed by atoms with Crippen LogP contribution in [0.15, 0.2) is 58.3 Å². The van der Waals surface area contributed by atoms with E-state index in [4.69, 9.17) is 19.2 Å². The summed E-state index contributed by atoms with van der Waals surface area (Å²) in [5.74, 6) is 0. The molecule has 8 heteroatoms. The molecule has 1 aliphatic heterocycles. The molecule has 0 radical (unpaired) electrons. The van der Waals surface area contributed by atoms with Crippen molar-refractivity contribution in [1.29, 1.82) is 0 Å². The van der Waals surface area contributed by atoms with Crippen LogP contribution in [0.2, 0.25) is 0 Å². The minimum absolute atomic E-state index is 1.17. The molecule has 0 spiro atoms. The predicted octanol–water partition coefficient (Wildman–Crippen LogP) is -1.29. The van der Waals surface area contributed by atoms with Crippen molar-refractivity contribution < 1.29 is 29.0 Å². The van der Waals surface area contributed by atoms with Gasteiger partial charge in [0.15, 0.2) is 0 Å². The summed E-state index contributed by atoms with van der Waals surface area (Å²) in [4.78, 5) is 31.5. The first-order valence-electron chi connectivity index (χ1n) is 8.00. The van der Waals surface area contributed by atoms with Crippen molar-refractivity contribution in [3.8, 4) is 0 Å². The smallest absolute Gasteiger partial charge is 0.150 e. The molecule has 2 aromatic rings. The third-order valence-electron chi connectivity index (χ3n) is 3.75. The Kier molecular flexibility index (Phi) is 7.22. The van der Waals surface area contributed by atoms with Crippen molar-refractivity contribution in [2.45, 2.75) is 16.2 Å². The van der Waals surface area contributed by atoms with E-state index in [-0.39, 0.29) is 0 Å². The third kappa shape index (κ3) is 6.56. The SMILES string of the molecule is C[NH+](C)CCC[NH+]1c2ccccc2Sc2ccccc21.O=P([O-])([O-])[O-]. The average Bonchev–Trinajstić information content (AvgIpc) is 2.52. The second-order valence-corrected chi connectivity index (χ2v) is 8.06. The Bertz CT molecular complexity index is 697. The van der Waals surface area contributed by atoms with Crippen LogP contribution in [0, 0.1) is 0 Å². The maximum absolute atomic E-state index is 8.55. The van der Waals surface area contributed by atoms with Crippen LogP contribution in [0.4, 0.5) is 11.4 Å². The second kappa shape index (κ2) is 8.96. The van der Waals surface area contributed by atoms with Gasteiger partial charge in [-0.05, 0) is 12.1 Å². The first-order valence-corrected chi connectivity index (χ1v) is 10.3. The Morgan fingerprint density at radius 3 is 1.84 bits per heavy atom. The van der Waals surface area contributed by atoms with Crippen LogP contribution in [-0.4, -0.2) is 27.2 Å². The molecule has 1 aliphatic rings. The predicted molar refractivity (Wildman–Crippen MR) is 92.1 cm³/mol. The van der Waals surface area contributed by atoms with Gasteiger partial charge in [-0.2, -0.15) is 7.82 Å². The van der Waals surface area contributed by atoms with Gasteiger partial charge in [0.05, 0.1) is 37.0 Å². The maximum atomic E-state index is 8.55. The molecule has 0 aliphatic carbocycles. The standard InChI is InChI=1S/C17H20N2S.H3O4P/c1-18(2)12-7-13-19-14-8-3-5-10-16(14)20-17-11-6-4-9-15(17)19;1-5(2,3)4/h3-6,8-11H,7,12-13H2,1-2H3;(H3,1,2,3,4)/p-1. The summed E-state index contributed by atoms with van der Waals surface area (Å²) in [6.07, 6.45) is 1.24. The molecule has 0 saturated carbocycles. The Labute approximate surface area is 152 Å². The highest BCUT2D eigenvalue weighted by molar-refractivity contribution is 7.99. The van der Waals surface area contributed by atoms with Crippen LogP contribution in [0.3, 0.4) is 0 Å². The van der Waals surface area contributed by atoms with E-state index in [1.165, 1.54) is 50.5 Å². The number of nitrogens with one attached hydrogen (secondary N) is 2. The van der Waals surface area contributed by atoms with E-state index >= 15 is 0 Å². The molecule has 2 N–H and O–H groups in total. The van der Waals surface area contributed by atoms with Crippen LogP contribution in [0.1, 0.15) is 6.42 Å². The zero-order valence-corrected chi connectivity index (χ0v) is 15.9. The van der Waals surface area contributed by atoms with Gasteiger partial charge in [-0.15, -0.1) is 0 Å². The number of hydrogen-bond acceptors (Lipinski definition) is 5. The van der Waals surface area contributed by atoms with Crippen molar-refractivity contribution in [3.63, 3.8) is 0 Å². The van der Waals surface area contributed by atoms with Crippen LogP contribution in [-0.2, 0) is 4.57 Å². The number of phosphoric acid groups is 1. The zero-order valence-electron chi connectivity index (χ0n) is 14.2. The minimum atomic E-state index is -5.39. The minimum Gasteiger partial charge on any atom is -0.822 e. The second-order valence-electron chi connectivity index (χ2n) is 6.08. The molecule has 0 unspecified atom stereocenters. The fourth-order valence-electron chi connectivity index (χ4n) is 2.76. The van der Waals surface area contributed by atoms with Gasteiger partial charge in [-0.1, -0.05) is 36.0 Å². The van der Waals surface area contributed by atoms with E-state index in [1.54, 1.807) is 0 Å². The third-order valence-corrected chi connectivity index (χ3v) is 4.90. The zero-order chi connectivity index (χ0) is 18.4. The maximum Gasteiger partial charge on any atom is 0.150 e. The molecular weight excluding hydrogens is 359 g/mol. The molecule has 136 valence electrons. The van der Waals surface area contributed by atoms with Gasteiger partial charge in [0.2, 0.25) is 0 Å². The first kappa shape index (κ1) is 20.1. The summed E-state index contributed by atoms with van der Waals surface area (Å²) in [6, 6.07) is 17.6. The Hall–Kier alpha value is -1.18. The number of rotatable bonds is 4. The Morgan fingerprint density at radius 1 is 0.960 bits per heavy atom. The van der Waals surface area contributed by atoms with Crippen molar-refractivity contribution in [1.82, 2.24) is 0 Å². The summed E-state index contributed by atoms with van der Waals surface area (Å²) < 4.78 is 8.55. The van der Waals surface area contributed by atoms with Crippen molar-refractivity contribution in [3.05, 3.63) is 48.5 Å². The molecule has 0 saturated heterocycles. The van der Waals surface area contributed by atoms with E-state index in [0.29, 0.717) is 0 Å². The van der Waals surface area contributed by atoms with Crippen LogP contribution < -0.4 is 24.5 Å². The number of fused-ring (bicyclic) bond motifs is 2. The molecule has 0 amide bonds. The van der Waals surface area contributed by atoms with Crippen LogP contribution in [0.5, 0.6) is 0 Å². The lowest BCUT2D eigenvalue weighted by Gasteiger charge is -2.36. The topological polar surface area (TPSA) is 95.1 Å². The van der Waals surface area contributed by atoms with E-state index in [1.807, 2.05) is 11.8 Å². The molecule has 1 heterocycles. The van der Waals surface area contributed by atoms with Crippen molar-refractivity contribution >= 4 is 31.0 Å². The van der Waals surface area contributed by atoms with E-state index in [9.17, 15) is 0 Å². The van der Waals surface area contributed by atoms with Crippen molar-refractivity contribution in [2.24, 2.45) is 0 Å². The summed E-state index contributed by atoms with van der Waals surface area (Å²) in [6.45, 7) is 2.39. The molecule has 25 heavy (non-hydrogen) atoms. The van der Waals surface area contributed by atoms with Gasteiger partial charge < -0.3 is 24.1 Å². The van der Waals surface area contributed by atoms with Gasteiger partial charge in [-0.25, -0.2) is 0 Å². The molecule has 0 fully saturated rings. The highest BCUT2D eigenvalue weighted by atomic mass is 32.2. The highest BCUT2D eigenvalue weighted by Gasteiger charge is 2.27. The van der Waals surface area contributed by atoms with E-state index in [0.717, 1.165) is 0 Å². The number of hydrogen-bond donors (Lipinski definition) is 2. The summed E-state index contributed by atoms with van der Waals surface area (Å²) in [7, 11) is -0.938. The number of para-hydroxylation sites is 2. The molecule has 2 aromatic carbocycles. The lowest BCUT2D eigenvalue weighted by atomic mass is 10.2. The number of benzene rings is 2. The lowest BCUT2D eigenvalue weighted by molar-refractivity contribution is -0.862. The molecule has 3 rings (SSSR count). The summed E-state index contributed by atoms with van der Waals surface area (Å²) in [5, 5.41) is 0. The monoisotopic (exact) mass is 381 g/mol. The number of quaternary nitrogens is 2. The highest BCUT2D eigenvalue weighted by Crippen LogP contribution is 2.39. The Morgan fingerprint density at radius 2 is 1.40 bits per heavy atom. The molecule has 0 bridgehead atoms. The van der Waals surface area contributed by atoms with Gasteiger partial charge in [-0.3, -0.25) is 4.90 Å². The molecular formula is C17H22N2O4PS-. The molecule has 0 atom stereocenters. The van der Waals surface area contributed by atoms with Gasteiger partial charge in [0, 0.05) is 18.6 Å². The fourth-order valence-corrected chi connectivity index (χ4v) is 3.89. The van der Waals surface area contributed by atoms with E-state index in [2.05, 4.69) is 62.6 Å². The van der Waals surface area contributed by atoms with Gasteiger partial charge >= 0.3 is 0 Å². The van der Waals surface area contributed by atoms with Crippen LogP contribution >= 0.6 is 19.6 Å². The lowest BCUT2D eigenvalue weighted by Crippen LogP contribution is -3.07. The first-order chi connectivity index (χ1) is 11.8. The normalized spacial score (nSPS) is 13.7. The van der Waals surface area contributed by atoms with Gasteiger partial charge in [0.1, 0.15) is 11.4 Å². The Balaban J connectivity index is 0.000000399. The average molecular weight is 381 g/mol. The van der Waals surface area contributed by atoms with Gasteiger partial charge in [0.25, 0.3) is 0 Å². The summed E-state index contributed by atoms with van der Waals surface area (Å²) >= 11 is 1.90. The van der Waals surface area contributed by atoms with E-state index < -0.39 is 7.82 Å². The summed E-state index contributed by atoms with van der Waals surface area (Å²) in [5.41, 5.74) is 2.87. The molecule has 0 aromatic heterocycles. The largest absolute Gasteiger partial charge is 0.822 e. The quantitative estimate of drug-likeness (QED) is 0.643. The molecule has 6 nitrogen and oxygen atoms in total. The van der Waals surface area contributed by atoms with Crippen molar-refractivity contribution in [2.75, 3.05) is 27.2 Å².